The van der Waals surface area contributed by atoms with Crippen molar-refractivity contribution in [1.82, 2.24) is 4.98 Å². The summed E-state index contributed by atoms with van der Waals surface area (Å²) >= 11 is 0. The van der Waals surface area contributed by atoms with Gasteiger partial charge in [0, 0.05) is 6.04 Å². The third-order valence-electron chi connectivity index (χ3n) is 3.05. The van der Waals surface area contributed by atoms with E-state index in [4.69, 9.17) is 5.84 Å². The molecule has 0 aliphatic rings. The van der Waals surface area contributed by atoms with E-state index in [1.807, 2.05) is 6.92 Å². The Morgan fingerprint density at radius 1 is 1.35 bits per heavy atom. The largest absolute Gasteiger partial charge is 0.367 e. The average Bonchev–Trinajstić information content (AvgIpc) is 2.43. The predicted octanol–water partition coefficient (Wildman–Crippen LogP) is 3.05. The van der Waals surface area contributed by atoms with Crippen LogP contribution in [0.4, 0.5) is 17.3 Å². The van der Waals surface area contributed by atoms with Gasteiger partial charge >= 0.3 is 0 Å². The van der Waals surface area contributed by atoms with Crippen molar-refractivity contribution in [3.63, 3.8) is 0 Å². The molecule has 0 fully saturated rings. The predicted molar refractivity (Wildman–Crippen MR) is 80.5 cm³/mol. The molecule has 4 N–H and O–H groups in total. The number of nitrogen functional groups attached to an aromatic ring is 1. The minimum atomic E-state index is -0.459. The molecule has 20 heavy (non-hydrogen) atoms. The molecule has 112 valence electrons. The number of nitrogens with zero attached hydrogens (tertiary/aromatic N) is 2. The van der Waals surface area contributed by atoms with Crippen LogP contribution < -0.4 is 16.6 Å². The lowest BCUT2D eigenvalue weighted by Gasteiger charge is -2.14. The molecule has 0 saturated carbocycles. The first-order valence-electron chi connectivity index (χ1n) is 6.96. The minimum absolute atomic E-state index is 0.0337. The van der Waals surface area contributed by atoms with Gasteiger partial charge in [-0.15, -0.1) is 0 Å². The molecule has 0 spiro atoms. The summed E-state index contributed by atoms with van der Waals surface area (Å²) in [7, 11) is 0. The molecule has 0 saturated heterocycles. The van der Waals surface area contributed by atoms with E-state index in [-0.39, 0.29) is 17.5 Å². The molecule has 1 rings (SSSR count). The fraction of sp³-hybridized carbons (Fsp3) is 0.615. The maximum atomic E-state index is 10.8. The van der Waals surface area contributed by atoms with E-state index in [2.05, 4.69) is 22.7 Å². The number of pyridine rings is 1. The minimum Gasteiger partial charge on any atom is -0.367 e. The van der Waals surface area contributed by atoms with Crippen molar-refractivity contribution in [2.75, 3.05) is 10.7 Å². The molecule has 0 bridgehead atoms. The molecule has 0 aromatic carbocycles. The van der Waals surface area contributed by atoms with Crippen molar-refractivity contribution in [3.8, 4) is 0 Å². The topological polar surface area (TPSA) is 106 Å². The van der Waals surface area contributed by atoms with E-state index in [9.17, 15) is 10.1 Å². The third kappa shape index (κ3) is 5.40. The van der Waals surface area contributed by atoms with Crippen LogP contribution in [0.25, 0.3) is 0 Å². The zero-order valence-corrected chi connectivity index (χ0v) is 12.1. The zero-order chi connectivity index (χ0) is 15.0. The average molecular weight is 281 g/mol. The van der Waals surface area contributed by atoms with Crippen LogP contribution in [-0.2, 0) is 0 Å². The number of aromatic nitrogens is 1. The van der Waals surface area contributed by atoms with Crippen molar-refractivity contribution in [2.24, 2.45) is 5.84 Å². The van der Waals surface area contributed by atoms with Gasteiger partial charge in [0.05, 0.1) is 17.1 Å². The lowest BCUT2D eigenvalue weighted by Crippen LogP contribution is -2.17. The Kier molecular flexibility index (Phi) is 6.72. The Hall–Kier alpha value is -1.89. The molecule has 7 nitrogen and oxygen atoms in total. The molecule has 0 aliphatic heterocycles. The molecule has 1 unspecified atom stereocenters. The van der Waals surface area contributed by atoms with E-state index in [1.165, 1.54) is 31.4 Å². The first kappa shape index (κ1) is 16.2. The molecule has 1 aromatic rings. The fourth-order valence-electron chi connectivity index (χ4n) is 1.97. The highest BCUT2D eigenvalue weighted by Crippen LogP contribution is 2.21. The highest BCUT2D eigenvalue weighted by atomic mass is 16.6. The first-order valence-corrected chi connectivity index (χ1v) is 6.96. The Labute approximate surface area is 119 Å². The maximum absolute atomic E-state index is 10.8. The van der Waals surface area contributed by atoms with Gasteiger partial charge < -0.3 is 10.7 Å². The molecule has 1 heterocycles. The summed E-state index contributed by atoms with van der Waals surface area (Å²) in [6.07, 6.45) is 5.80. The summed E-state index contributed by atoms with van der Waals surface area (Å²) in [5.41, 5.74) is 2.31. The second kappa shape index (κ2) is 8.31. The molecule has 7 heteroatoms. The summed E-state index contributed by atoms with van der Waals surface area (Å²) in [4.78, 5) is 14.5. The van der Waals surface area contributed by atoms with Crippen molar-refractivity contribution in [2.45, 2.75) is 52.0 Å². The summed E-state index contributed by atoms with van der Waals surface area (Å²) in [6, 6.07) is 2.94. The molecule has 0 amide bonds. The summed E-state index contributed by atoms with van der Waals surface area (Å²) in [5.74, 6) is 6.01. The van der Waals surface area contributed by atoms with Gasteiger partial charge in [-0.2, -0.15) is 0 Å². The lowest BCUT2D eigenvalue weighted by molar-refractivity contribution is -0.384. The van der Waals surface area contributed by atoms with Crippen LogP contribution >= 0.6 is 0 Å². The van der Waals surface area contributed by atoms with Crippen molar-refractivity contribution >= 4 is 17.3 Å². The number of anilines is 2. The molecule has 0 radical (unpaired) electrons. The smallest absolute Gasteiger partial charge is 0.276 e. The maximum Gasteiger partial charge on any atom is 0.276 e. The molecule has 1 aromatic heterocycles. The Balaban J connectivity index is 2.61. The molecular weight excluding hydrogens is 258 g/mol. The van der Waals surface area contributed by atoms with Crippen LogP contribution in [0.3, 0.4) is 0 Å². The van der Waals surface area contributed by atoms with Crippen LogP contribution in [0.15, 0.2) is 12.1 Å². The fourth-order valence-corrected chi connectivity index (χ4v) is 1.97. The van der Waals surface area contributed by atoms with E-state index < -0.39 is 4.92 Å². The van der Waals surface area contributed by atoms with Crippen molar-refractivity contribution in [3.05, 3.63) is 22.2 Å². The van der Waals surface area contributed by atoms with E-state index >= 15 is 0 Å². The Morgan fingerprint density at radius 3 is 2.65 bits per heavy atom. The first-order chi connectivity index (χ1) is 9.56. The molecule has 0 aliphatic carbocycles. The summed E-state index contributed by atoms with van der Waals surface area (Å²) in [5, 5.41) is 14.0. The normalized spacial score (nSPS) is 11.9. The second-order valence-electron chi connectivity index (χ2n) is 4.89. The van der Waals surface area contributed by atoms with Gasteiger partial charge in [-0.3, -0.25) is 10.1 Å². The van der Waals surface area contributed by atoms with Gasteiger partial charge in [-0.1, -0.05) is 32.6 Å². The number of nitrogens with two attached hydrogens (primary N) is 1. The van der Waals surface area contributed by atoms with Gasteiger partial charge in [0.15, 0.2) is 0 Å². The Morgan fingerprint density at radius 2 is 2.05 bits per heavy atom. The van der Waals surface area contributed by atoms with Crippen LogP contribution in [-0.4, -0.2) is 15.9 Å². The number of rotatable bonds is 9. The van der Waals surface area contributed by atoms with E-state index in [0.29, 0.717) is 5.82 Å². The standard InChI is InChI=1S/C13H23N5O2/c1-3-4-5-6-7-10(2)15-12-8-11(18(19)20)9-13(16-12)17-14/h8-10H,3-7,14H2,1-2H3,(H2,15,16,17). The van der Waals surface area contributed by atoms with Gasteiger partial charge in [0.25, 0.3) is 5.69 Å². The quantitative estimate of drug-likeness (QED) is 0.278. The number of hydrazine groups is 1. The molecular formula is C13H23N5O2. The van der Waals surface area contributed by atoms with Gasteiger partial charge in [-0.05, 0) is 13.3 Å². The number of unbranched alkanes of at least 4 members (excludes halogenated alkanes) is 3. The number of hydrogen-bond acceptors (Lipinski definition) is 6. The molecule has 1 atom stereocenters. The van der Waals surface area contributed by atoms with Gasteiger partial charge in [0.2, 0.25) is 0 Å². The number of hydrogen-bond donors (Lipinski definition) is 3. The van der Waals surface area contributed by atoms with Gasteiger partial charge in [-0.25, -0.2) is 10.8 Å². The summed E-state index contributed by atoms with van der Waals surface area (Å²) in [6.45, 7) is 4.22. The van der Waals surface area contributed by atoms with Crippen LogP contribution in [0.5, 0.6) is 0 Å². The van der Waals surface area contributed by atoms with Crippen LogP contribution in [0.1, 0.15) is 46.0 Å². The second-order valence-corrected chi connectivity index (χ2v) is 4.89. The lowest BCUT2D eigenvalue weighted by atomic mass is 10.1. The summed E-state index contributed by atoms with van der Waals surface area (Å²) < 4.78 is 0. The SMILES string of the molecule is CCCCCCC(C)Nc1cc([N+](=O)[O-])cc(NN)n1. The monoisotopic (exact) mass is 281 g/mol. The van der Waals surface area contributed by atoms with E-state index in [1.54, 1.807) is 0 Å². The van der Waals surface area contributed by atoms with Crippen molar-refractivity contribution in [1.29, 1.82) is 0 Å². The number of nitrogens with one attached hydrogen (secondary N) is 2. The van der Waals surface area contributed by atoms with Crippen LogP contribution in [0, 0.1) is 10.1 Å². The Bertz CT molecular complexity index is 439. The van der Waals surface area contributed by atoms with Crippen molar-refractivity contribution < 1.29 is 4.92 Å². The van der Waals surface area contributed by atoms with E-state index in [0.717, 1.165) is 12.8 Å². The van der Waals surface area contributed by atoms with Crippen LogP contribution in [0.2, 0.25) is 0 Å². The highest BCUT2D eigenvalue weighted by Gasteiger charge is 2.12. The third-order valence-corrected chi connectivity index (χ3v) is 3.05. The highest BCUT2D eigenvalue weighted by molar-refractivity contribution is 5.54. The zero-order valence-electron chi connectivity index (χ0n) is 12.1. The van der Waals surface area contributed by atoms with Gasteiger partial charge in [0.1, 0.15) is 11.6 Å². The number of nitro groups is 1.